The molecule has 1 heterocycles. The molecule has 1 aromatic carbocycles. The Bertz CT molecular complexity index is 545. The first-order valence-corrected chi connectivity index (χ1v) is 7.25. The van der Waals surface area contributed by atoms with Gasteiger partial charge in [0.25, 0.3) is 0 Å². The van der Waals surface area contributed by atoms with E-state index >= 15 is 0 Å². The molecule has 0 radical (unpaired) electrons. The van der Waals surface area contributed by atoms with Gasteiger partial charge in [-0.2, -0.15) is 0 Å². The number of rotatable bonds is 4. The van der Waals surface area contributed by atoms with Gasteiger partial charge in [-0.3, -0.25) is 0 Å². The Morgan fingerprint density at radius 1 is 1.39 bits per heavy atom. The van der Waals surface area contributed by atoms with Gasteiger partial charge in [0.1, 0.15) is 5.82 Å². The van der Waals surface area contributed by atoms with E-state index in [2.05, 4.69) is 52.5 Å². The highest BCUT2D eigenvalue weighted by Crippen LogP contribution is 2.26. The number of benzene rings is 1. The highest BCUT2D eigenvalue weighted by molar-refractivity contribution is 9.10. The maximum Gasteiger partial charge on any atom is 0.114 e. The summed E-state index contributed by atoms with van der Waals surface area (Å²) in [5, 5.41) is 0. The number of hydrogen-bond donors (Lipinski definition) is 1. The molecule has 0 saturated heterocycles. The van der Waals surface area contributed by atoms with Crippen molar-refractivity contribution in [1.29, 1.82) is 0 Å². The van der Waals surface area contributed by atoms with Crippen molar-refractivity contribution in [1.82, 2.24) is 9.55 Å². The van der Waals surface area contributed by atoms with Gasteiger partial charge in [0.2, 0.25) is 0 Å². The van der Waals surface area contributed by atoms with E-state index in [1.807, 2.05) is 6.92 Å². The molecule has 3 nitrogen and oxygen atoms in total. The highest BCUT2D eigenvalue weighted by atomic mass is 79.9. The predicted octanol–water partition coefficient (Wildman–Crippen LogP) is 3.66. The number of halogens is 1. The van der Waals surface area contributed by atoms with E-state index in [1.54, 1.807) is 0 Å². The molecule has 2 unspecified atom stereocenters. The third-order valence-electron chi connectivity index (χ3n) is 3.38. The molecule has 0 fully saturated rings. The van der Waals surface area contributed by atoms with Crippen molar-refractivity contribution in [3.63, 3.8) is 0 Å². The monoisotopic (exact) mass is 309 g/mol. The molecule has 2 aromatic rings. The SMILES string of the molecule is CCCn1c(C(C)C(C)N)nc2cc(Br)ccc21. The zero-order valence-electron chi connectivity index (χ0n) is 11.2. The van der Waals surface area contributed by atoms with Gasteiger partial charge in [-0.1, -0.05) is 29.8 Å². The minimum Gasteiger partial charge on any atom is -0.328 e. The first-order valence-electron chi connectivity index (χ1n) is 6.45. The molecule has 18 heavy (non-hydrogen) atoms. The molecule has 98 valence electrons. The van der Waals surface area contributed by atoms with Crippen LogP contribution < -0.4 is 5.73 Å². The Morgan fingerprint density at radius 2 is 2.11 bits per heavy atom. The maximum absolute atomic E-state index is 6.02. The van der Waals surface area contributed by atoms with Crippen LogP contribution in [0.4, 0.5) is 0 Å². The van der Waals surface area contributed by atoms with Crippen molar-refractivity contribution in [2.75, 3.05) is 0 Å². The number of nitrogens with two attached hydrogens (primary N) is 1. The lowest BCUT2D eigenvalue weighted by molar-refractivity contribution is 0.539. The van der Waals surface area contributed by atoms with Crippen LogP contribution in [-0.4, -0.2) is 15.6 Å². The van der Waals surface area contributed by atoms with Gasteiger partial charge in [-0.25, -0.2) is 4.98 Å². The number of nitrogens with zero attached hydrogens (tertiary/aromatic N) is 2. The molecule has 0 amide bonds. The molecule has 2 atom stereocenters. The van der Waals surface area contributed by atoms with E-state index < -0.39 is 0 Å². The van der Waals surface area contributed by atoms with Gasteiger partial charge in [0, 0.05) is 23.0 Å². The summed E-state index contributed by atoms with van der Waals surface area (Å²) < 4.78 is 3.37. The Kier molecular flexibility index (Phi) is 4.07. The molecule has 0 aliphatic carbocycles. The zero-order valence-corrected chi connectivity index (χ0v) is 12.7. The molecule has 2 rings (SSSR count). The highest BCUT2D eigenvalue weighted by Gasteiger charge is 2.19. The third kappa shape index (κ3) is 2.45. The Balaban J connectivity index is 2.60. The fourth-order valence-electron chi connectivity index (χ4n) is 2.16. The van der Waals surface area contributed by atoms with Crippen LogP contribution in [-0.2, 0) is 6.54 Å². The first-order chi connectivity index (χ1) is 8.54. The summed E-state index contributed by atoms with van der Waals surface area (Å²) in [4.78, 5) is 4.77. The summed E-state index contributed by atoms with van der Waals surface area (Å²) in [7, 11) is 0. The molecule has 2 N–H and O–H groups in total. The topological polar surface area (TPSA) is 43.8 Å². The molecule has 0 bridgehead atoms. The number of aryl methyl sites for hydroxylation is 1. The van der Waals surface area contributed by atoms with Crippen LogP contribution in [0.2, 0.25) is 0 Å². The van der Waals surface area contributed by atoms with E-state index in [4.69, 9.17) is 10.7 Å². The van der Waals surface area contributed by atoms with Crippen LogP contribution in [0.3, 0.4) is 0 Å². The molecule has 0 aliphatic heterocycles. The minimum atomic E-state index is 0.112. The average molecular weight is 310 g/mol. The van der Waals surface area contributed by atoms with Gasteiger partial charge in [0.15, 0.2) is 0 Å². The summed E-state index contributed by atoms with van der Waals surface area (Å²) in [5.74, 6) is 1.36. The predicted molar refractivity (Wildman–Crippen MR) is 79.8 cm³/mol. The average Bonchev–Trinajstić information content (AvgIpc) is 2.66. The largest absolute Gasteiger partial charge is 0.328 e. The summed E-state index contributed by atoms with van der Waals surface area (Å²) in [5.41, 5.74) is 8.26. The maximum atomic E-state index is 6.02. The van der Waals surface area contributed by atoms with E-state index in [0.29, 0.717) is 0 Å². The Morgan fingerprint density at radius 3 is 2.72 bits per heavy atom. The van der Waals surface area contributed by atoms with Crippen LogP contribution in [0, 0.1) is 0 Å². The summed E-state index contributed by atoms with van der Waals surface area (Å²) in [6.45, 7) is 7.36. The second-order valence-corrected chi connectivity index (χ2v) is 5.82. The Hall–Kier alpha value is -0.870. The van der Waals surface area contributed by atoms with Gasteiger partial charge >= 0.3 is 0 Å². The van der Waals surface area contributed by atoms with Crippen molar-refractivity contribution in [3.05, 3.63) is 28.5 Å². The lowest BCUT2D eigenvalue weighted by Gasteiger charge is -2.17. The Labute approximate surface area is 117 Å². The number of imidazole rings is 1. The lowest BCUT2D eigenvalue weighted by atomic mass is 10.0. The molecule has 1 aromatic heterocycles. The molecule has 0 aliphatic rings. The summed E-state index contributed by atoms with van der Waals surface area (Å²) in [6, 6.07) is 6.37. The van der Waals surface area contributed by atoms with Gasteiger partial charge in [-0.05, 0) is 31.5 Å². The van der Waals surface area contributed by atoms with Crippen molar-refractivity contribution in [2.24, 2.45) is 5.73 Å². The van der Waals surface area contributed by atoms with Crippen molar-refractivity contribution >= 4 is 27.0 Å². The normalized spacial score (nSPS) is 14.9. The van der Waals surface area contributed by atoms with Crippen LogP contribution in [0.1, 0.15) is 38.9 Å². The van der Waals surface area contributed by atoms with E-state index in [-0.39, 0.29) is 12.0 Å². The van der Waals surface area contributed by atoms with E-state index in [0.717, 1.165) is 28.8 Å². The van der Waals surface area contributed by atoms with Crippen LogP contribution in [0.15, 0.2) is 22.7 Å². The second-order valence-electron chi connectivity index (χ2n) is 4.90. The summed E-state index contributed by atoms with van der Waals surface area (Å²) >= 11 is 3.50. The third-order valence-corrected chi connectivity index (χ3v) is 3.88. The van der Waals surface area contributed by atoms with Crippen molar-refractivity contribution < 1.29 is 0 Å². The van der Waals surface area contributed by atoms with E-state index in [9.17, 15) is 0 Å². The van der Waals surface area contributed by atoms with Gasteiger partial charge in [-0.15, -0.1) is 0 Å². The fourth-order valence-corrected chi connectivity index (χ4v) is 2.51. The molecular weight excluding hydrogens is 290 g/mol. The second kappa shape index (κ2) is 5.41. The number of hydrogen-bond acceptors (Lipinski definition) is 2. The smallest absolute Gasteiger partial charge is 0.114 e. The number of aromatic nitrogens is 2. The van der Waals surface area contributed by atoms with Crippen LogP contribution >= 0.6 is 15.9 Å². The molecular formula is C14H20BrN3. The van der Waals surface area contributed by atoms with Gasteiger partial charge in [0.05, 0.1) is 11.0 Å². The molecule has 4 heteroatoms. The van der Waals surface area contributed by atoms with Crippen molar-refractivity contribution in [3.8, 4) is 0 Å². The molecule has 0 spiro atoms. The van der Waals surface area contributed by atoms with Crippen molar-refractivity contribution in [2.45, 2.75) is 45.7 Å². The lowest BCUT2D eigenvalue weighted by Crippen LogP contribution is -2.25. The summed E-state index contributed by atoms with van der Waals surface area (Å²) in [6.07, 6.45) is 1.10. The first kappa shape index (κ1) is 13.6. The standard InChI is InChI=1S/C14H20BrN3/c1-4-7-18-13-6-5-11(15)8-12(13)17-14(18)9(2)10(3)16/h5-6,8-10H,4,7,16H2,1-3H3. The molecule has 0 saturated carbocycles. The van der Waals surface area contributed by atoms with E-state index in [1.165, 1.54) is 5.52 Å². The number of fused-ring (bicyclic) bond motifs is 1. The zero-order chi connectivity index (χ0) is 13.3. The minimum absolute atomic E-state index is 0.112. The fraction of sp³-hybridized carbons (Fsp3) is 0.500. The van der Waals surface area contributed by atoms with Crippen LogP contribution in [0.25, 0.3) is 11.0 Å². The van der Waals surface area contributed by atoms with Crippen LogP contribution in [0.5, 0.6) is 0 Å². The van der Waals surface area contributed by atoms with Gasteiger partial charge < -0.3 is 10.3 Å². The quantitative estimate of drug-likeness (QED) is 0.936.